The monoisotopic (exact) mass is 347 g/mol. The Morgan fingerprint density at radius 3 is 2.90 bits per heavy atom. The number of anilines is 1. The fourth-order valence-corrected chi connectivity index (χ4v) is 2.13. The topological polar surface area (TPSA) is 54.0 Å². The molecular formula is C16H18BrN3O. The van der Waals surface area contributed by atoms with Crippen LogP contribution in [0.4, 0.5) is 5.69 Å². The second kappa shape index (κ2) is 7.90. The predicted molar refractivity (Wildman–Crippen MR) is 88.1 cm³/mol. The van der Waals surface area contributed by atoms with Crippen LogP contribution < -0.4 is 10.6 Å². The quantitative estimate of drug-likeness (QED) is 0.788. The number of nitrogens with one attached hydrogen (secondary N) is 2. The lowest BCUT2D eigenvalue weighted by Crippen LogP contribution is -2.21. The predicted octanol–water partition coefficient (Wildman–Crippen LogP) is 3.27. The van der Waals surface area contributed by atoms with E-state index in [2.05, 4.69) is 31.5 Å². The zero-order chi connectivity index (χ0) is 15.1. The molecule has 0 aliphatic carbocycles. The van der Waals surface area contributed by atoms with Gasteiger partial charge in [-0.3, -0.25) is 9.78 Å². The average molecular weight is 348 g/mol. The van der Waals surface area contributed by atoms with Crippen molar-refractivity contribution in [2.24, 2.45) is 0 Å². The second-order valence-electron chi connectivity index (χ2n) is 4.80. The van der Waals surface area contributed by atoms with Gasteiger partial charge in [-0.15, -0.1) is 0 Å². The lowest BCUT2D eigenvalue weighted by atomic mass is 10.2. The normalized spacial score (nSPS) is 10.4. The van der Waals surface area contributed by atoms with Gasteiger partial charge in [-0.25, -0.2) is 0 Å². The van der Waals surface area contributed by atoms with Gasteiger partial charge in [-0.2, -0.15) is 0 Å². The maximum absolute atomic E-state index is 11.8. The van der Waals surface area contributed by atoms with Gasteiger partial charge in [-0.1, -0.05) is 22.0 Å². The summed E-state index contributed by atoms with van der Waals surface area (Å²) >= 11 is 3.44. The first-order valence-corrected chi connectivity index (χ1v) is 7.60. The van der Waals surface area contributed by atoms with E-state index in [9.17, 15) is 4.79 Å². The van der Waals surface area contributed by atoms with E-state index in [4.69, 9.17) is 0 Å². The molecule has 0 bridgehead atoms. The Morgan fingerprint density at radius 2 is 2.19 bits per heavy atom. The van der Waals surface area contributed by atoms with Crippen molar-refractivity contribution in [3.05, 3.63) is 58.3 Å². The molecule has 4 nitrogen and oxygen atoms in total. The molecule has 0 unspecified atom stereocenters. The number of amides is 1. The molecule has 2 aromatic rings. The number of carbonyl (C=O) groups excluding carboxylic acids is 1. The van der Waals surface area contributed by atoms with Crippen LogP contribution in [0.2, 0.25) is 0 Å². The first-order chi connectivity index (χ1) is 10.1. The summed E-state index contributed by atoms with van der Waals surface area (Å²) < 4.78 is 1.04. The largest absolute Gasteiger partial charge is 0.326 e. The van der Waals surface area contributed by atoms with Crippen LogP contribution in [-0.4, -0.2) is 17.4 Å². The third-order valence-corrected chi connectivity index (χ3v) is 3.91. The van der Waals surface area contributed by atoms with Crippen molar-refractivity contribution in [3.8, 4) is 0 Å². The zero-order valence-corrected chi connectivity index (χ0v) is 13.5. The van der Waals surface area contributed by atoms with Crippen molar-refractivity contribution < 1.29 is 4.79 Å². The van der Waals surface area contributed by atoms with Gasteiger partial charge in [0.15, 0.2) is 0 Å². The van der Waals surface area contributed by atoms with Gasteiger partial charge in [0.05, 0.1) is 0 Å². The molecule has 1 aromatic carbocycles. The van der Waals surface area contributed by atoms with E-state index in [1.807, 2.05) is 43.5 Å². The number of pyridine rings is 1. The van der Waals surface area contributed by atoms with E-state index < -0.39 is 0 Å². The molecule has 0 fully saturated rings. The zero-order valence-electron chi connectivity index (χ0n) is 11.9. The molecule has 2 N–H and O–H groups in total. The van der Waals surface area contributed by atoms with E-state index in [-0.39, 0.29) is 5.91 Å². The van der Waals surface area contributed by atoms with Crippen LogP contribution in [0, 0.1) is 6.92 Å². The fourth-order valence-electron chi connectivity index (χ4n) is 1.88. The molecule has 1 aromatic heterocycles. The van der Waals surface area contributed by atoms with Gasteiger partial charge in [0, 0.05) is 42.1 Å². The number of aromatic nitrogens is 1. The van der Waals surface area contributed by atoms with Gasteiger partial charge in [0.25, 0.3) is 0 Å². The van der Waals surface area contributed by atoms with Crippen LogP contribution in [0.15, 0.2) is 47.2 Å². The molecule has 110 valence electrons. The molecule has 0 radical (unpaired) electrons. The van der Waals surface area contributed by atoms with Crippen LogP contribution in [-0.2, 0) is 11.3 Å². The minimum absolute atomic E-state index is 0.00964. The van der Waals surface area contributed by atoms with E-state index in [0.29, 0.717) is 13.0 Å². The Morgan fingerprint density at radius 1 is 1.33 bits per heavy atom. The summed E-state index contributed by atoms with van der Waals surface area (Å²) in [6.07, 6.45) is 4.00. The van der Waals surface area contributed by atoms with Crippen molar-refractivity contribution in [1.29, 1.82) is 0 Å². The Labute approximate surface area is 133 Å². The smallest absolute Gasteiger partial charge is 0.225 e. The second-order valence-corrected chi connectivity index (χ2v) is 5.65. The van der Waals surface area contributed by atoms with Crippen LogP contribution in [0.5, 0.6) is 0 Å². The summed E-state index contributed by atoms with van der Waals surface area (Å²) in [6, 6.07) is 9.68. The molecule has 0 aliphatic heterocycles. The molecule has 0 aliphatic rings. The lowest BCUT2D eigenvalue weighted by molar-refractivity contribution is -0.116. The summed E-state index contributed by atoms with van der Waals surface area (Å²) in [5, 5.41) is 6.13. The van der Waals surface area contributed by atoms with Crippen molar-refractivity contribution in [1.82, 2.24) is 10.3 Å². The van der Waals surface area contributed by atoms with Crippen LogP contribution in [0.3, 0.4) is 0 Å². The molecule has 21 heavy (non-hydrogen) atoms. The highest BCUT2D eigenvalue weighted by atomic mass is 79.9. The Hall–Kier alpha value is -1.72. The van der Waals surface area contributed by atoms with Gasteiger partial charge in [0.2, 0.25) is 5.91 Å². The Kier molecular flexibility index (Phi) is 5.90. The number of rotatable bonds is 6. The van der Waals surface area contributed by atoms with Gasteiger partial charge < -0.3 is 10.6 Å². The molecule has 5 heteroatoms. The summed E-state index contributed by atoms with van der Waals surface area (Å²) in [7, 11) is 0. The first-order valence-electron chi connectivity index (χ1n) is 6.81. The Bertz CT molecular complexity index is 602. The lowest BCUT2D eigenvalue weighted by Gasteiger charge is -2.08. The number of nitrogens with zero attached hydrogens (tertiary/aromatic N) is 1. The van der Waals surface area contributed by atoms with Crippen molar-refractivity contribution in [2.75, 3.05) is 11.9 Å². The number of aryl methyl sites for hydroxylation is 1. The molecule has 2 rings (SSSR count). The highest BCUT2D eigenvalue weighted by molar-refractivity contribution is 9.10. The molecule has 1 amide bonds. The maximum atomic E-state index is 11.8. The molecule has 0 saturated carbocycles. The fraction of sp³-hybridized carbons (Fsp3) is 0.250. The van der Waals surface area contributed by atoms with E-state index in [1.54, 1.807) is 6.20 Å². The number of benzene rings is 1. The minimum atomic E-state index is 0.00964. The van der Waals surface area contributed by atoms with Crippen molar-refractivity contribution in [2.45, 2.75) is 19.9 Å². The van der Waals surface area contributed by atoms with Crippen LogP contribution in [0.1, 0.15) is 17.5 Å². The molecule has 0 spiro atoms. The van der Waals surface area contributed by atoms with E-state index in [0.717, 1.165) is 27.8 Å². The summed E-state index contributed by atoms with van der Waals surface area (Å²) in [6.45, 7) is 3.35. The van der Waals surface area contributed by atoms with Gasteiger partial charge in [0.1, 0.15) is 0 Å². The highest BCUT2D eigenvalue weighted by Crippen LogP contribution is 2.19. The van der Waals surface area contributed by atoms with Gasteiger partial charge >= 0.3 is 0 Å². The number of carbonyl (C=O) groups is 1. The third kappa shape index (κ3) is 5.28. The molecule has 1 heterocycles. The van der Waals surface area contributed by atoms with Crippen molar-refractivity contribution in [3.63, 3.8) is 0 Å². The van der Waals surface area contributed by atoms with Crippen LogP contribution >= 0.6 is 15.9 Å². The molecule has 0 saturated heterocycles. The summed E-state index contributed by atoms with van der Waals surface area (Å²) in [5.41, 5.74) is 3.04. The SMILES string of the molecule is Cc1cc(NC(=O)CCNCc2cccnc2)ccc1Br. The Balaban J connectivity index is 1.71. The molecular weight excluding hydrogens is 330 g/mol. The number of halogens is 1. The summed E-state index contributed by atoms with van der Waals surface area (Å²) in [5.74, 6) is 0.00964. The standard InChI is InChI=1S/C16H18BrN3O/c1-12-9-14(4-5-15(12)17)20-16(21)6-8-19-11-13-3-2-7-18-10-13/h2-5,7,9-10,19H,6,8,11H2,1H3,(H,20,21). The molecule has 0 atom stereocenters. The number of hydrogen-bond acceptors (Lipinski definition) is 3. The summed E-state index contributed by atoms with van der Waals surface area (Å²) in [4.78, 5) is 15.9. The minimum Gasteiger partial charge on any atom is -0.326 e. The maximum Gasteiger partial charge on any atom is 0.225 e. The number of hydrogen-bond donors (Lipinski definition) is 2. The van der Waals surface area contributed by atoms with E-state index >= 15 is 0 Å². The average Bonchev–Trinajstić information content (AvgIpc) is 2.49. The highest BCUT2D eigenvalue weighted by Gasteiger charge is 2.03. The van der Waals surface area contributed by atoms with E-state index in [1.165, 1.54) is 0 Å². The van der Waals surface area contributed by atoms with Gasteiger partial charge in [-0.05, 0) is 42.3 Å². The third-order valence-electron chi connectivity index (χ3n) is 3.02. The van der Waals surface area contributed by atoms with Crippen molar-refractivity contribution >= 4 is 27.5 Å². The van der Waals surface area contributed by atoms with Crippen LogP contribution in [0.25, 0.3) is 0 Å². The first kappa shape index (κ1) is 15.7.